The first-order chi connectivity index (χ1) is 7.97. The van der Waals surface area contributed by atoms with Crippen LogP contribution in [0.1, 0.15) is 25.1 Å². The second kappa shape index (κ2) is 4.08. The molecule has 0 radical (unpaired) electrons. The number of ether oxygens (including phenoxy) is 1. The Hall–Kier alpha value is -1.48. The van der Waals surface area contributed by atoms with Crippen molar-refractivity contribution in [3.8, 4) is 5.75 Å². The van der Waals surface area contributed by atoms with Gasteiger partial charge in [-0.25, -0.2) is 0 Å². The first-order valence-electron chi connectivity index (χ1n) is 5.76. The second-order valence-corrected chi connectivity index (χ2v) is 5.13. The van der Waals surface area contributed by atoms with Gasteiger partial charge in [0.1, 0.15) is 5.75 Å². The summed E-state index contributed by atoms with van der Waals surface area (Å²) in [6.45, 7) is 6.14. The highest BCUT2D eigenvalue weighted by molar-refractivity contribution is 5.83. The van der Waals surface area contributed by atoms with Crippen LogP contribution in [0.25, 0.3) is 10.9 Å². The molecule has 1 aromatic carbocycles. The van der Waals surface area contributed by atoms with Crippen molar-refractivity contribution in [3.63, 3.8) is 0 Å². The quantitative estimate of drug-likeness (QED) is 0.856. The molecule has 2 aromatic rings. The minimum absolute atomic E-state index is 0.0918. The van der Waals surface area contributed by atoms with E-state index in [1.165, 1.54) is 0 Å². The molecule has 0 amide bonds. The predicted octanol–water partition coefficient (Wildman–Crippen LogP) is 2.75. The summed E-state index contributed by atoms with van der Waals surface area (Å²) in [5.41, 5.74) is 2.93. The summed E-state index contributed by atoms with van der Waals surface area (Å²) in [5, 5.41) is 10.6. The summed E-state index contributed by atoms with van der Waals surface area (Å²) in [6.07, 6.45) is 0. The van der Waals surface area contributed by atoms with Gasteiger partial charge in [-0.1, -0.05) is 13.8 Å². The minimum atomic E-state index is -0.307. The van der Waals surface area contributed by atoms with Gasteiger partial charge in [0, 0.05) is 27.6 Å². The number of nitrogens with one attached hydrogen (secondary N) is 1. The number of aliphatic hydroxyl groups excluding tert-OH is 1. The fourth-order valence-electron chi connectivity index (χ4n) is 2.09. The maximum atomic E-state index is 9.48. The maximum Gasteiger partial charge on any atom is 0.123 e. The highest BCUT2D eigenvalue weighted by Gasteiger charge is 2.24. The van der Waals surface area contributed by atoms with Crippen LogP contribution in [0.4, 0.5) is 0 Å². The van der Waals surface area contributed by atoms with Crippen molar-refractivity contribution in [1.29, 1.82) is 0 Å². The number of methoxy groups -OCH3 is 1. The standard InChI is InChI=1S/C14H19NO2/c1-9-5-10-6-13(17-4)11(7-12(10)15-9)14(2,3)8-16/h5-7,15-16H,8H2,1-4H3. The van der Waals surface area contributed by atoms with Crippen molar-refractivity contribution < 1.29 is 9.84 Å². The normalized spacial score (nSPS) is 12.1. The first kappa shape index (κ1) is 12.0. The van der Waals surface area contributed by atoms with Crippen LogP contribution >= 0.6 is 0 Å². The number of aryl methyl sites for hydroxylation is 1. The smallest absolute Gasteiger partial charge is 0.123 e. The number of hydrogen-bond donors (Lipinski definition) is 2. The Labute approximate surface area is 101 Å². The molecule has 0 fully saturated rings. The lowest BCUT2D eigenvalue weighted by Gasteiger charge is -2.24. The van der Waals surface area contributed by atoms with E-state index >= 15 is 0 Å². The Bertz CT molecular complexity index is 540. The van der Waals surface area contributed by atoms with Crippen LogP contribution in [-0.2, 0) is 5.41 Å². The lowest BCUT2D eigenvalue weighted by Crippen LogP contribution is -2.22. The lowest BCUT2D eigenvalue weighted by atomic mass is 9.84. The number of fused-ring (bicyclic) bond motifs is 1. The molecule has 0 aliphatic rings. The van der Waals surface area contributed by atoms with Gasteiger partial charge in [-0.05, 0) is 25.1 Å². The molecular formula is C14H19NO2. The molecule has 0 saturated carbocycles. The molecule has 2 N–H and O–H groups in total. The molecule has 0 bridgehead atoms. The van der Waals surface area contributed by atoms with Crippen molar-refractivity contribution in [2.24, 2.45) is 0 Å². The van der Waals surface area contributed by atoms with Crippen LogP contribution < -0.4 is 4.74 Å². The fraction of sp³-hybridized carbons (Fsp3) is 0.429. The average molecular weight is 233 g/mol. The predicted molar refractivity (Wildman–Crippen MR) is 69.7 cm³/mol. The summed E-state index contributed by atoms with van der Waals surface area (Å²) in [5.74, 6) is 0.829. The molecule has 0 saturated heterocycles. The highest BCUT2D eigenvalue weighted by Crippen LogP contribution is 2.34. The molecule has 0 aliphatic heterocycles. The van der Waals surface area contributed by atoms with Crippen molar-refractivity contribution in [2.45, 2.75) is 26.2 Å². The maximum absolute atomic E-state index is 9.48. The zero-order valence-electron chi connectivity index (χ0n) is 10.8. The topological polar surface area (TPSA) is 45.2 Å². The van der Waals surface area contributed by atoms with Crippen molar-refractivity contribution in [2.75, 3.05) is 13.7 Å². The van der Waals surface area contributed by atoms with Gasteiger partial charge in [0.2, 0.25) is 0 Å². The van der Waals surface area contributed by atoms with Gasteiger partial charge in [-0.15, -0.1) is 0 Å². The molecule has 92 valence electrons. The van der Waals surface area contributed by atoms with Gasteiger partial charge in [-0.3, -0.25) is 0 Å². The van der Waals surface area contributed by atoms with E-state index in [2.05, 4.69) is 17.1 Å². The van der Waals surface area contributed by atoms with Crippen LogP contribution in [-0.4, -0.2) is 23.8 Å². The van der Waals surface area contributed by atoms with Crippen molar-refractivity contribution >= 4 is 10.9 Å². The summed E-state index contributed by atoms with van der Waals surface area (Å²) < 4.78 is 5.43. The van der Waals surface area contributed by atoms with Gasteiger partial charge in [0.15, 0.2) is 0 Å². The number of rotatable bonds is 3. The fourth-order valence-corrected chi connectivity index (χ4v) is 2.09. The molecule has 0 spiro atoms. The second-order valence-electron chi connectivity index (χ2n) is 5.13. The number of aromatic amines is 1. The average Bonchev–Trinajstić information content (AvgIpc) is 2.66. The third kappa shape index (κ3) is 2.03. The van der Waals surface area contributed by atoms with E-state index < -0.39 is 0 Å². The number of H-pyrrole nitrogens is 1. The Balaban J connectivity index is 2.68. The van der Waals surface area contributed by atoms with E-state index in [0.29, 0.717) is 0 Å². The Kier molecular flexibility index (Phi) is 2.87. The molecule has 1 aromatic heterocycles. The van der Waals surface area contributed by atoms with Crippen LogP contribution in [0, 0.1) is 6.92 Å². The van der Waals surface area contributed by atoms with Crippen LogP contribution in [0.15, 0.2) is 18.2 Å². The van der Waals surface area contributed by atoms with E-state index in [1.807, 2.05) is 26.8 Å². The minimum Gasteiger partial charge on any atom is -0.496 e. The first-order valence-corrected chi connectivity index (χ1v) is 5.76. The van der Waals surface area contributed by atoms with Crippen LogP contribution in [0.3, 0.4) is 0 Å². The molecule has 2 rings (SSSR count). The largest absolute Gasteiger partial charge is 0.496 e. The SMILES string of the molecule is COc1cc2cc(C)[nH]c2cc1C(C)(C)CO. The molecule has 17 heavy (non-hydrogen) atoms. The van der Waals surface area contributed by atoms with Crippen LogP contribution in [0.5, 0.6) is 5.75 Å². The summed E-state index contributed by atoms with van der Waals surface area (Å²) in [6, 6.07) is 6.18. The monoisotopic (exact) mass is 233 g/mol. The highest BCUT2D eigenvalue weighted by atomic mass is 16.5. The number of hydrogen-bond acceptors (Lipinski definition) is 2. The summed E-state index contributed by atoms with van der Waals surface area (Å²) in [4.78, 5) is 3.31. The lowest BCUT2D eigenvalue weighted by molar-refractivity contribution is 0.215. The van der Waals surface area contributed by atoms with Crippen molar-refractivity contribution in [1.82, 2.24) is 4.98 Å². The summed E-state index contributed by atoms with van der Waals surface area (Å²) in [7, 11) is 1.66. The summed E-state index contributed by atoms with van der Waals surface area (Å²) >= 11 is 0. The van der Waals surface area contributed by atoms with Gasteiger partial charge in [0.25, 0.3) is 0 Å². The third-order valence-corrected chi connectivity index (χ3v) is 3.20. The van der Waals surface area contributed by atoms with Crippen LogP contribution in [0.2, 0.25) is 0 Å². The Morgan fingerprint density at radius 1 is 1.29 bits per heavy atom. The number of aromatic nitrogens is 1. The molecule has 0 aliphatic carbocycles. The molecule has 3 nitrogen and oxygen atoms in total. The van der Waals surface area contributed by atoms with Gasteiger partial charge >= 0.3 is 0 Å². The third-order valence-electron chi connectivity index (χ3n) is 3.20. The van der Waals surface area contributed by atoms with E-state index in [0.717, 1.165) is 27.9 Å². The van der Waals surface area contributed by atoms with E-state index in [9.17, 15) is 5.11 Å². The number of aliphatic hydroxyl groups is 1. The van der Waals surface area contributed by atoms with Gasteiger partial charge in [-0.2, -0.15) is 0 Å². The van der Waals surface area contributed by atoms with E-state index in [4.69, 9.17) is 4.74 Å². The zero-order valence-corrected chi connectivity index (χ0v) is 10.8. The number of benzene rings is 1. The molecular weight excluding hydrogens is 214 g/mol. The van der Waals surface area contributed by atoms with E-state index in [1.54, 1.807) is 7.11 Å². The molecule has 0 unspecified atom stereocenters. The molecule has 3 heteroatoms. The zero-order chi connectivity index (χ0) is 12.6. The Morgan fingerprint density at radius 3 is 2.59 bits per heavy atom. The van der Waals surface area contributed by atoms with Gasteiger partial charge in [0.05, 0.1) is 13.7 Å². The Morgan fingerprint density at radius 2 is 2.00 bits per heavy atom. The molecule has 1 heterocycles. The molecule has 0 atom stereocenters. The van der Waals surface area contributed by atoms with Gasteiger partial charge < -0.3 is 14.8 Å². The van der Waals surface area contributed by atoms with E-state index in [-0.39, 0.29) is 12.0 Å². The van der Waals surface area contributed by atoms with Crippen molar-refractivity contribution in [3.05, 3.63) is 29.5 Å².